The van der Waals surface area contributed by atoms with Gasteiger partial charge in [-0.25, -0.2) is 0 Å². The van der Waals surface area contributed by atoms with Crippen molar-refractivity contribution in [2.75, 3.05) is 6.26 Å². The molecule has 0 bridgehead atoms. The molecule has 0 aromatic carbocycles. The van der Waals surface area contributed by atoms with E-state index in [-0.39, 0.29) is 5.56 Å². The fourth-order valence-corrected chi connectivity index (χ4v) is 1.22. The normalized spacial score (nSPS) is 9.80. The molecule has 1 rings (SSSR count). The summed E-state index contributed by atoms with van der Waals surface area (Å²) in [5, 5.41) is 0. The van der Waals surface area contributed by atoms with Gasteiger partial charge in [-0.3, -0.25) is 8.77 Å². The maximum Gasteiger partial charge on any atom is 0.260 e. The van der Waals surface area contributed by atoms with Gasteiger partial charge in [0.25, 0.3) is 5.56 Å². The largest absolute Gasteiger partial charge is 0.268 e. The van der Waals surface area contributed by atoms with Crippen molar-refractivity contribution >= 4 is 11.9 Å². The molecule has 0 N–H and O–H groups in total. The van der Waals surface area contributed by atoms with Crippen molar-refractivity contribution in [3.05, 3.63) is 34.2 Å². The molecule has 54 valence electrons. The van der Waals surface area contributed by atoms with Gasteiger partial charge in [0.2, 0.25) is 0 Å². The van der Waals surface area contributed by atoms with E-state index >= 15 is 0 Å². The number of aryl methyl sites for hydroxylation is 1. The van der Waals surface area contributed by atoms with E-state index in [0.717, 1.165) is 5.56 Å². The number of hydrogen-bond acceptors (Lipinski definition) is 2. The Morgan fingerprint density at radius 2 is 2.20 bits per heavy atom. The minimum absolute atomic E-state index is 0.0399. The highest BCUT2D eigenvalue weighted by molar-refractivity contribution is 7.97. The van der Waals surface area contributed by atoms with E-state index in [1.54, 1.807) is 10.0 Å². The van der Waals surface area contributed by atoms with Crippen LogP contribution in [0.4, 0.5) is 0 Å². The minimum Gasteiger partial charge on any atom is -0.268 e. The van der Waals surface area contributed by atoms with E-state index in [4.69, 9.17) is 0 Å². The molecule has 0 saturated carbocycles. The third kappa shape index (κ3) is 1.42. The van der Waals surface area contributed by atoms with Gasteiger partial charge in [-0.05, 0) is 24.4 Å². The van der Waals surface area contributed by atoms with Crippen LogP contribution in [0.2, 0.25) is 0 Å². The molecular formula is C7H9NOS. The molecule has 0 unspecified atom stereocenters. The van der Waals surface area contributed by atoms with E-state index in [9.17, 15) is 4.79 Å². The molecular weight excluding hydrogens is 146 g/mol. The summed E-state index contributed by atoms with van der Waals surface area (Å²) in [5.74, 6) is 0. The van der Waals surface area contributed by atoms with Gasteiger partial charge in [-0.1, -0.05) is 6.07 Å². The van der Waals surface area contributed by atoms with E-state index in [0.29, 0.717) is 0 Å². The maximum absolute atomic E-state index is 10.9. The Kier molecular flexibility index (Phi) is 2.17. The number of hydrogen-bond donors (Lipinski definition) is 0. The highest BCUT2D eigenvalue weighted by Gasteiger charge is 1.91. The summed E-state index contributed by atoms with van der Waals surface area (Å²) in [6, 6.07) is 3.39. The number of pyridine rings is 1. The predicted octanol–water partition coefficient (Wildman–Crippen LogP) is 1.28. The third-order valence-electron chi connectivity index (χ3n) is 1.22. The number of rotatable bonds is 1. The highest BCUT2D eigenvalue weighted by Crippen LogP contribution is 1.98. The van der Waals surface area contributed by atoms with Crippen LogP contribution >= 0.6 is 11.9 Å². The van der Waals surface area contributed by atoms with Crippen LogP contribution in [0.25, 0.3) is 0 Å². The van der Waals surface area contributed by atoms with Gasteiger partial charge >= 0.3 is 0 Å². The lowest BCUT2D eigenvalue weighted by atomic mass is 10.3. The van der Waals surface area contributed by atoms with Crippen molar-refractivity contribution in [1.82, 2.24) is 3.97 Å². The molecule has 0 spiro atoms. The molecule has 0 saturated heterocycles. The summed E-state index contributed by atoms with van der Waals surface area (Å²) in [5.41, 5.74) is 1.15. The Morgan fingerprint density at radius 3 is 2.70 bits per heavy atom. The molecule has 0 aliphatic carbocycles. The van der Waals surface area contributed by atoms with Crippen molar-refractivity contribution in [2.24, 2.45) is 0 Å². The lowest BCUT2D eigenvalue weighted by Gasteiger charge is -1.98. The standard InChI is InChI=1S/C7H9NOS/c1-6-3-4-7(9)8(5-6)10-2/h3-5H,1-2H3. The van der Waals surface area contributed by atoms with Crippen molar-refractivity contribution < 1.29 is 0 Å². The summed E-state index contributed by atoms with van der Waals surface area (Å²) >= 11 is 1.41. The van der Waals surface area contributed by atoms with E-state index in [2.05, 4.69) is 0 Å². The van der Waals surface area contributed by atoms with Crippen LogP contribution < -0.4 is 5.56 Å². The van der Waals surface area contributed by atoms with Crippen molar-refractivity contribution in [2.45, 2.75) is 6.92 Å². The van der Waals surface area contributed by atoms with Gasteiger partial charge in [0.1, 0.15) is 0 Å². The first kappa shape index (κ1) is 7.41. The van der Waals surface area contributed by atoms with Gasteiger partial charge in [-0.2, -0.15) is 0 Å². The van der Waals surface area contributed by atoms with Crippen LogP contribution in [0.1, 0.15) is 5.56 Å². The average Bonchev–Trinajstić information content (AvgIpc) is 1.94. The molecule has 1 aromatic rings. The fraction of sp³-hybridized carbons (Fsp3) is 0.286. The maximum atomic E-state index is 10.9. The average molecular weight is 155 g/mol. The zero-order chi connectivity index (χ0) is 7.56. The Bertz CT molecular complexity index is 279. The Balaban J connectivity index is 3.22. The van der Waals surface area contributed by atoms with Gasteiger partial charge in [0, 0.05) is 18.5 Å². The van der Waals surface area contributed by atoms with E-state index in [1.165, 1.54) is 11.9 Å². The van der Waals surface area contributed by atoms with Crippen LogP contribution in [0.15, 0.2) is 23.1 Å². The zero-order valence-corrected chi connectivity index (χ0v) is 6.81. The second-order valence-electron chi connectivity index (χ2n) is 2.05. The van der Waals surface area contributed by atoms with Crippen LogP contribution in [0.3, 0.4) is 0 Å². The highest BCUT2D eigenvalue weighted by atomic mass is 32.2. The first-order chi connectivity index (χ1) is 4.74. The SMILES string of the molecule is CSn1cc(C)ccc1=O. The fourth-order valence-electron chi connectivity index (χ4n) is 0.710. The van der Waals surface area contributed by atoms with E-state index in [1.807, 2.05) is 25.4 Å². The first-order valence-electron chi connectivity index (χ1n) is 2.98. The molecule has 3 heteroatoms. The van der Waals surface area contributed by atoms with E-state index < -0.39 is 0 Å². The minimum atomic E-state index is 0.0399. The molecule has 0 fully saturated rings. The monoisotopic (exact) mass is 155 g/mol. The molecule has 2 nitrogen and oxygen atoms in total. The lowest BCUT2D eigenvalue weighted by molar-refractivity contribution is 1.12. The third-order valence-corrected chi connectivity index (χ3v) is 1.90. The molecule has 0 aliphatic heterocycles. The molecule has 1 heterocycles. The summed E-state index contributed by atoms with van der Waals surface area (Å²) in [6.07, 6.45) is 3.70. The second-order valence-corrected chi connectivity index (χ2v) is 2.81. The van der Waals surface area contributed by atoms with Crippen LogP contribution in [0.5, 0.6) is 0 Å². The van der Waals surface area contributed by atoms with Crippen LogP contribution in [-0.4, -0.2) is 10.2 Å². The van der Waals surface area contributed by atoms with Gasteiger partial charge in [0.15, 0.2) is 0 Å². The van der Waals surface area contributed by atoms with Crippen molar-refractivity contribution in [1.29, 1.82) is 0 Å². The number of nitrogens with zero attached hydrogens (tertiary/aromatic N) is 1. The van der Waals surface area contributed by atoms with Crippen LogP contribution in [0, 0.1) is 6.92 Å². The molecule has 0 amide bonds. The zero-order valence-electron chi connectivity index (χ0n) is 6.00. The Labute approximate surface area is 64.0 Å². The van der Waals surface area contributed by atoms with Gasteiger partial charge in [0.05, 0.1) is 0 Å². The Hall–Kier alpha value is -0.700. The molecule has 0 radical (unpaired) electrons. The lowest BCUT2D eigenvalue weighted by Crippen LogP contribution is -2.12. The summed E-state index contributed by atoms with van der Waals surface area (Å²) in [6.45, 7) is 1.96. The number of aromatic nitrogens is 1. The molecule has 0 aliphatic rings. The molecule has 1 aromatic heterocycles. The molecule has 0 atom stereocenters. The Morgan fingerprint density at radius 1 is 1.50 bits per heavy atom. The topological polar surface area (TPSA) is 22.0 Å². The predicted molar refractivity (Wildman–Crippen MR) is 44.4 cm³/mol. The quantitative estimate of drug-likeness (QED) is 0.609. The second kappa shape index (κ2) is 2.92. The van der Waals surface area contributed by atoms with Crippen molar-refractivity contribution in [3.8, 4) is 0 Å². The van der Waals surface area contributed by atoms with Crippen molar-refractivity contribution in [3.63, 3.8) is 0 Å². The first-order valence-corrected chi connectivity index (χ1v) is 4.16. The summed E-state index contributed by atoms with van der Waals surface area (Å²) in [7, 11) is 0. The van der Waals surface area contributed by atoms with Gasteiger partial charge < -0.3 is 0 Å². The summed E-state index contributed by atoms with van der Waals surface area (Å²) in [4.78, 5) is 10.9. The van der Waals surface area contributed by atoms with Crippen LogP contribution in [-0.2, 0) is 0 Å². The molecule has 10 heavy (non-hydrogen) atoms. The summed E-state index contributed by atoms with van der Waals surface area (Å²) < 4.78 is 1.61. The van der Waals surface area contributed by atoms with Gasteiger partial charge in [-0.15, -0.1) is 0 Å². The smallest absolute Gasteiger partial charge is 0.260 e.